The summed E-state index contributed by atoms with van der Waals surface area (Å²) in [6.45, 7) is 11.5. The number of carbonyl (C=O) groups is 2. The lowest BCUT2D eigenvalue weighted by Gasteiger charge is -2.26. The highest BCUT2D eigenvalue weighted by molar-refractivity contribution is 7.81. The van der Waals surface area contributed by atoms with Crippen molar-refractivity contribution in [3.8, 4) is 5.75 Å². The fraction of sp³-hybridized carbons (Fsp3) is 0.400. The number of nitrogens with one attached hydrogen (secondary N) is 3. The number of amides is 2. The number of aryl methyl sites for hydroxylation is 1. The number of aromatic amines is 1. The molecule has 1 saturated heterocycles. The molecule has 1 fully saturated rings. The van der Waals surface area contributed by atoms with E-state index in [2.05, 4.69) is 46.1 Å². The Labute approximate surface area is 247 Å². The molecule has 2 atom stereocenters. The van der Waals surface area contributed by atoms with Crippen molar-refractivity contribution < 1.29 is 18.0 Å². The predicted octanol–water partition coefficient (Wildman–Crippen LogP) is 4.85. The first-order valence-corrected chi connectivity index (χ1v) is 15.2. The van der Waals surface area contributed by atoms with Crippen LogP contribution >= 0.6 is 0 Å². The number of aromatic nitrogens is 4. The van der Waals surface area contributed by atoms with E-state index in [1.165, 1.54) is 0 Å². The van der Waals surface area contributed by atoms with Crippen LogP contribution in [0.25, 0.3) is 5.65 Å². The van der Waals surface area contributed by atoms with Crippen LogP contribution in [0.1, 0.15) is 90.8 Å². The average Bonchev–Trinajstić information content (AvgIpc) is 3.56. The van der Waals surface area contributed by atoms with Gasteiger partial charge in [-0.15, -0.1) is 10.2 Å². The van der Waals surface area contributed by atoms with Crippen molar-refractivity contribution in [1.29, 1.82) is 0 Å². The number of hydrogen-bond acceptors (Lipinski definition) is 6. The Hall–Kier alpha value is -4.19. The van der Waals surface area contributed by atoms with Gasteiger partial charge in [0.2, 0.25) is 0 Å². The highest BCUT2D eigenvalue weighted by atomic mass is 32.2. The highest BCUT2D eigenvalue weighted by Gasteiger charge is 2.23. The molecule has 0 spiro atoms. The van der Waals surface area contributed by atoms with Crippen LogP contribution < -0.4 is 14.2 Å². The molecule has 42 heavy (non-hydrogen) atoms. The van der Waals surface area contributed by atoms with Crippen molar-refractivity contribution in [2.24, 2.45) is 0 Å². The Morgan fingerprint density at radius 1 is 1.05 bits per heavy atom. The predicted molar refractivity (Wildman–Crippen MR) is 162 cm³/mol. The molecule has 4 aromatic rings. The normalized spacial score (nSPS) is 15.3. The van der Waals surface area contributed by atoms with Gasteiger partial charge in [-0.3, -0.25) is 19.4 Å². The van der Waals surface area contributed by atoms with Gasteiger partial charge in [0.25, 0.3) is 11.8 Å². The van der Waals surface area contributed by atoms with Crippen LogP contribution in [0.2, 0.25) is 0 Å². The third-order valence-electron chi connectivity index (χ3n) is 7.34. The number of likely N-dealkylation sites (tertiary alicyclic amines) is 1. The topological polar surface area (TPSA) is 134 Å². The molecule has 2 aromatic carbocycles. The Morgan fingerprint density at radius 2 is 1.81 bits per heavy atom. The highest BCUT2D eigenvalue weighted by Crippen LogP contribution is 2.24. The van der Waals surface area contributed by atoms with Crippen LogP contribution in [0, 0.1) is 6.92 Å². The Kier molecular flexibility index (Phi) is 8.35. The van der Waals surface area contributed by atoms with Crippen molar-refractivity contribution in [3.05, 3.63) is 76.7 Å². The molecule has 3 N–H and O–H groups in total. The van der Waals surface area contributed by atoms with Crippen LogP contribution in [0.3, 0.4) is 0 Å². The summed E-state index contributed by atoms with van der Waals surface area (Å²) in [5, 5.41) is 14.8. The van der Waals surface area contributed by atoms with Crippen LogP contribution in [-0.4, -0.2) is 53.8 Å². The third kappa shape index (κ3) is 6.48. The summed E-state index contributed by atoms with van der Waals surface area (Å²) in [7, 11) is 0. The molecule has 12 heteroatoms. The number of rotatable bonds is 8. The maximum atomic E-state index is 13.3. The molecule has 2 unspecified atom stereocenters. The van der Waals surface area contributed by atoms with Crippen molar-refractivity contribution in [2.75, 3.05) is 17.8 Å². The molecule has 222 valence electrons. The van der Waals surface area contributed by atoms with Crippen molar-refractivity contribution >= 4 is 34.4 Å². The lowest BCUT2D eigenvalue weighted by Crippen LogP contribution is -2.35. The minimum atomic E-state index is -1.96. The van der Waals surface area contributed by atoms with Crippen molar-refractivity contribution in [1.82, 2.24) is 30.0 Å². The van der Waals surface area contributed by atoms with E-state index in [-0.39, 0.29) is 17.2 Å². The zero-order valence-corrected chi connectivity index (χ0v) is 25.4. The molecule has 2 aromatic heterocycles. The number of benzene rings is 2. The minimum absolute atomic E-state index is 0.0555. The molecule has 0 radical (unpaired) electrons. The third-order valence-corrected chi connectivity index (χ3v) is 8.09. The number of fused-ring (bicyclic) bond motifs is 1. The Morgan fingerprint density at radius 3 is 2.55 bits per heavy atom. The largest absolute Gasteiger partial charge is 0.385 e. The van der Waals surface area contributed by atoms with Gasteiger partial charge in [-0.05, 0) is 69.0 Å². The Balaban J connectivity index is 1.24. The van der Waals surface area contributed by atoms with Gasteiger partial charge in [0, 0.05) is 41.4 Å². The SMILES string of the molecule is Cc1ccc(NS(=O)Oc2cccc(C(=O)N3CCCCC3)c2)cc1C(=O)NC(C)c1nnc2cc(C(C)(C)C)[nH]n12. The average molecular weight is 592 g/mol. The molecule has 1 aliphatic heterocycles. The molecular weight excluding hydrogens is 554 g/mol. The van der Waals surface area contributed by atoms with E-state index >= 15 is 0 Å². The first-order chi connectivity index (χ1) is 20.0. The molecule has 2 amide bonds. The first-order valence-electron chi connectivity index (χ1n) is 14.1. The van der Waals surface area contributed by atoms with Gasteiger partial charge in [0.1, 0.15) is 5.75 Å². The molecule has 11 nitrogen and oxygen atoms in total. The van der Waals surface area contributed by atoms with E-state index < -0.39 is 17.3 Å². The number of nitrogens with zero attached hydrogens (tertiary/aromatic N) is 4. The number of piperidine rings is 1. The van der Waals surface area contributed by atoms with Crippen LogP contribution in [0.15, 0.2) is 48.5 Å². The van der Waals surface area contributed by atoms with E-state index in [9.17, 15) is 13.8 Å². The van der Waals surface area contributed by atoms with Crippen LogP contribution in [0.5, 0.6) is 5.75 Å². The molecule has 1 aliphatic rings. The van der Waals surface area contributed by atoms with Gasteiger partial charge in [-0.1, -0.05) is 32.9 Å². The molecule has 0 aliphatic carbocycles. The lowest BCUT2D eigenvalue weighted by atomic mass is 9.93. The van der Waals surface area contributed by atoms with E-state index in [0.717, 1.165) is 43.6 Å². The number of H-pyrrole nitrogens is 1. The summed E-state index contributed by atoms with van der Waals surface area (Å²) in [5.41, 5.74) is 3.71. The summed E-state index contributed by atoms with van der Waals surface area (Å²) in [4.78, 5) is 28.0. The maximum absolute atomic E-state index is 13.3. The summed E-state index contributed by atoms with van der Waals surface area (Å²) < 4.78 is 23.0. The van der Waals surface area contributed by atoms with Gasteiger partial charge < -0.3 is 14.4 Å². The number of carbonyl (C=O) groups excluding carboxylic acids is 2. The number of anilines is 1. The molecule has 5 rings (SSSR count). The summed E-state index contributed by atoms with van der Waals surface area (Å²) in [5.74, 6) is 0.524. The Bertz CT molecular complexity index is 1630. The van der Waals surface area contributed by atoms with Gasteiger partial charge >= 0.3 is 11.3 Å². The minimum Gasteiger partial charge on any atom is -0.385 e. The summed E-state index contributed by atoms with van der Waals surface area (Å²) in [6.07, 6.45) is 3.14. The summed E-state index contributed by atoms with van der Waals surface area (Å²) >= 11 is -1.96. The second kappa shape index (κ2) is 12.0. The van der Waals surface area contributed by atoms with Gasteiger partial charge in [0.05, 0.1) is 11.7 Å². The standard InChI is InChI=1S/C30H37N7O4S/c1-19-12-13-22(35-42(40)41-23-11-9-10-21(16-23)29(39)36-14-7-6-8-15-36)17-24(19)28(38)31-20(2)27-33-32-26-18-25(30(3,4)5)34-37(26)27/h9-13,16-18,20,34-35H,6-8,14-15H2,1-5H3,(H,31,38). The van der Waals surface area contributed by atoms with Crippen molar-refractivity contribution in [3.63, 3.8) is 0 Å². The second-order valence-corrected chi connectivity index (χ2v) is 12.5. The monoisotopic (exact) mass is 591 g/mol. The van der Waals surface area contributed by atoms with Gasteiger partial charge in [-0.25, -0.2) is 4.52 Å². The number of hydrogen-bond donors (Lipinski definition) is 3. The first kappa shape index (κ1) is 29.3. The molecule has 0 saturated carbocycles. The maximum Gasteiger partial charge on any atom is 0.316 e. The van der Waals surface area contributed by atoms with E-state index in [4.69, 9.17) is 4.18 Å². The molecular formula is C30H37N7O4S. The van der Waals surface area contributed by atoms with Gasteiger partial charge in [0.15, 0.2) is 11.5 Å². The van der Waals surface area contributed by atoms with Gasteiger partial charge in [-0.2, -0.15) is 4.21 Å². The summed E-state index contributed by atoms with van der Waals surface area (Å²) in [6, 6.07) is 13.3. The second-order valence-electron chi connectivity index (χ2n) is 11.7. The zero-order valence-electron chi connectivity index (χ0n) is 24.6. The van der Waals surface area contributed by atoms with Crippen molar-refractivity contribution in [2.45, 2.75) is 65.3 Å². The van der Waals surface area contributed by atoms with Crippen LogP contribution in [0.4, 0.5) is 5.69 Å². The van der Waals surface area contributed by atoms with Crippen LogP contribution in [-0.2, 0) is 16.7 Å². The van der Waals surface area contributed by atoms with E-state index in [1.807, 2.05) is 24.8 Å². The zero-order chi connectivity index (χ0) is 30.0. The molecule has 0 bridgehead atoms. The quantitative estimate of drug-likeness (QED) is 0.268. The fourth-order valence-electron chi connectivity index (χ4n) is 4.90. The molecule has 3 heterocycles. The lowest BCUT2D eigenvalue weighted by molar-refractivity contribution is 0.0724. The van der Waals surface area contributed by atoms with E-state index in [1.54, 1.807) is 47.0 Å². The fourth-order valence-corrected chi connectivity index (χ4v) is 5.54. The van der Waals surface area contributed by atoms with E-state index in [0.29, 0.717) is 34.0 Å². The smallest absolute Gasteiger partial charge is 0.316 e.